The summed E-state index contributed by atoms with van der Waals surface area (Å²) in [6.07, 6.45) is 4.19. The molecule has 0 aromatic rings. The van der Waals surface area contributed by atoms with E-state index >= 15 is 0 Å². The fourth-order valence-corrected chi connectivity index (χ4v) is 1.54. The standard InChI is InChI=1S/C10H18F2O6S/c11-10(12,19(15,16)17)9(14)18-8-6-4-2-1-3-5-7-13/h13H,1-8H2,(H,15,16,17). The second kappa shape index (κ2) is 8.39. The first-order valence-corrected chi connectivity index (χ1v) is 7.30. The van der Waals surface area contributed by atoms with Gasteiger partial charge in [0.1, 0.15) is 0 Å². The van der Waals surface area contributed by atoms with Gasteiger partial charge >= 0.3 is 21.3 Å². The second-order valence-electron chi connectivity index (χ2n) is 3.97. The molecule has 0 unspecified atom stereocenters. The largest absolute Gasteiger partial charge is 0.465 e. The summed E-state index contributed by atoms with van der Waals surface area (Å²) in [6, 6.07) is 0. The fourth-order valence-electron chi connectivity index (χ4n) is 1.28. The van der Waals surface area contributed by atoms with Crippen molar-refractivity contribution in [2.45, 2.75) is 43.8 Å². The van der Waals surface area contributed by atoms with Crippen LogP contribution >= 0.6 is 0 Å². The van der Waals surface area contributed by atoms with Crippen LogP contribution in [-0.4, -0.2) is 42.5 Å². The van der Waals surface area contributed by atoms with Crippen molar-refractivity contribution in [3.63, 3.8) is 0 Å². The molecule has 9 heteroatoms. The number of hydrogen-bond acceptors (Lipinski definition) is 5. The topological polar surface area (TPSA) is 101 Å². The molecule has 0 aromatic heterocycles. The Balaban J connectivity index is 3.76. The van der Waals surface area contributed by atoms with E-state index in [9.17, 15) is 22.0 Å². The zero-order valence-corrected chi connectivity index (χ0v) is 11.2. The summed E-state index contributed by atoms with van der Waals surface area (Å²) < 4.78 is 58.1. The van der Waals surface area contributed by atoms with Crippen molar-refractivity contribution in [3.8, 4) is 0 Å². The highest BCUT2D eigenvalue weighted by molar-refractivity contribution is 7.87. The first-order valence-electron chi connectivity index (χ1n) is 5.86. The van der Waals surface area contributed by atoms with Crippen molar-refractivity contribution in [1.82, 2.24) is 0 Å². The van der Waals surface area contributed by atoms with E-state index in [0.29, 0.717) is 19.3 Å². The SMILES string of the molecule is O=C(OCCCCCCCCO)C(F)(F)S(=O)(=O)O. The molecule has 0 bridgehead atoms. The third-order valence-corrected chi connectivity index (χ3v) is 3.16. The molecule has 0 aliphatic carbocycles. The van der Waals surface area contributed by atoms with E-state index in [2.05, 4.69) is 4.74 Å². The molecule has 6 nitrogen and oxygen atoms in total. The number of ether oxygens (including phenoxy) is 1. The average Bonchev–Trinajstić information content (AvgIpc) is 2.30. The number of unbranched alkanes of at least 4 members (excludes halogenated alkanes) is 5. The number of alkyl halides is 2. The van der Waals surface area contributed by atoms with Crippen LogP contribution < -0.4 is 0 Å². The van der Waals surface area contributed by atoms with Crippen molar-refractivity contribution in [1.29, 1.82) is 0 Å². The molecular formula is C10H18F2O6S. The Morgan fingerprint density at radius 3 is 2.00 bits per heavy atom. The normalized spacial score (nSPS) is 12.4. The molecule has 0 saturated carbocycles. The number of halogens is 2. The van der Waals surface area contributed by atoms with Crippen LogP contribution in [0.1, 0.15) is 38.5 Å². The molecule has 0 radical (unpaired) electrons. The summed E-state index contributed by atoms with van der Waals surface area (Å²) >= 11 is 0. The molecular weight excluding hydrogens is 286 g/mol. The van der Waals surface area contributed by atoms with E-state index in [1.54, 1.807) is 0 Å². The van der Waals surface area contributed by atoms with Crippen molar-refractivity contribution in [2.24, 2.45) is 0 Å². The Labute approximate surface area is 110 Å². The molecule has 0 aromatic carbocycles. The first-order chi connectivity index (χ1) is 8.73. The predicted molar refractivity (Wildman–Crippen MR) is 62.2 cm³/mol. The molecule has 19 heavy (non-hydrogen) atoms. The fraction of sp³-hybridized carbons (Fsp3) is 0.900. The number of aliphatic hydroxyl groups is 1. The summed E-state index contributed by atoms with van der Waals surface area (Å²) in [7, 11) is -5.79. The molecule has 2 N–H and O–H groups in total. The minimum Gasteiger partial charge on any atom is -0.460 e. The van der Waals surface area contributed by atoms with Crippen LogP contribution in [0.2, 0.25) is 0 Å². The molecule has 0 rings (SSSR count). The Hall–Kier alpha value is -0.800. The smallest absolute Gasteiger partial charge is 0.460 e. The summed E-state index contributed by atoms with van der Waals surface area (Å²) in [6.45, 7) is -0.202. The highest BCUT2D eigenvalue weighted by Crippen LogP contribution is 2.22. The third-order valence-electron chi connectivity index (χ3n) is 2.35. The van der Waals surface area contributed by atoms with Gasteiger partial charge in [0.2, 0.25) is 0 Å². The quantitative estimate of drug-likeness (QED) is 0.359. The van der Waals surface area contributed by atoms with Gasteiger partial charge in [0.25, 0.3) is 0 Å². The highest BCUT2D eigenvalue weighted by Gasteiger charge is 2.54. The Bertz CT molecular complexity index is 368. The molecule has 0 fully saturated rings. The van der Waals surface area contributed by atoms with E-state index in [0.717, 1.165) is 19.3 Å². The third kappa shape index (κ3) is 6.79. The van der Waals surface area contributed by atoms with Crippen molar-refractivity contribution >= 4 is 16.1 Å². The minimum atomic E-state index is -5.79. The van der Waals surface area contributed by atoms with Gasteiger partial charge in [0.15, 0.2) is 0 Å². The maximum atomic E-state index is 12.7. The van der Waals surface area contributed by atoms with E-state index < -0.39 is 21.3 Å². The highest BCUT2D eigenvalue weighted by atomic mass is 32.2. The molecule has 0 aliphatic heterocycles. The molecule has 0 saturated heterocycles. The van der Waals surface area contributed by atoms with E-state index in [1.165, 1.54) is 0 Å². The van der Waals surface area contributed by atoms with E-state index in [4.69, 9.17) is 9.66 Å². The van der Waals surface area contributed by atoms with Gasteiger partial charge in [-0.15, -0.1) is 0 Å². The molecule has 0 amide bonds. The van der Waals surface area contributed by atoms with Gasteiger partial charge < -0.3 is 9.84 Å². The average molecular weight is 304 g/mol. The second-order valence-corrected chi connectivity index (χ2v) is 5.44. The zero-order chi connectivity index (χ0) is 14.9. The number of carbonyl (C=O) groups excluding carboxylic acids is 1. The van der Waals surface area contributed by atoms with Crippen LogP contribution in [0.15, 0.2) is 0 Å². The number of carbonyl (C=O) groups is 1. The number of hydrogen-bond donors (Lipinski definition) is 2. The molecule has 114 valence electrons. The lowest BCUT2D eigenvalue weighted by Gasteiger charge is -2.11. The van der Waals surface area contributed by atoms with Crippen LogP contribution in [0.3, 0.4) is 0 Å². The lowest BCUT2D eigenvalue weighted by atomic mass is 10.1. The Kier molecular flexibility index (Phi) is 8.03. The van der Waals surface area contributed by atoms with E-state index in [-0.39, 0.29) is 13.2 Å². The molecule has 0 heterocycles. The van der Waals surface area contributed by atoms with Gasteiger partial charge in [0.05, 0.1) is 6.61 Å². The molecule has 0 spiro atoms. The van der Waals surface area contributed by atoms with E-state index in [1.807, 2.05) is 0 Å². The molecule has 0 atom stereocenters. The van der Waals surface area contributed by atoms with Crippen LogP contribution in [0.4, 0.5) is 8.78 Å². The van der Waals surface area contributed by atoms with Gasteiger partial charge in [-0.1, -0.05) is 25.7 Å². The van der Waals surface area contributed by atoms with Crippen molar-refractivity contribution in [3.05, 3.63) is 0 Å². The van der Waals surface area contributed by atoms with Gasteiger partial charge in [-0.05, 0) is 12.8 Å². The Morgan fingerprint density at radius 1 is 1.05 bits per heavy atom. The minimum absolute atomic E-state index is 0.127. The van der Waals surface area contributed by atoms with Gasteiger partial charge in [-0.2, -0.15) is 17.2 Å². The van der Waals surface area contributed by atoms with Crippen LogP contribution in [-0.2, 0) is 19.6 Å². The summed E-state index contributed by atoms with van der Waals surface area (Å²) in [5.74, 6) is -2.27. The van der Waals surface area contributed by atoms with Crippen molar-refractivity contribution in [2.75, 3.05) is 13.2 Å². The van der Waals surface area contributed by atoms with Crippen LogP contribution in [0.25, 0.3) is 0 Å². The number of aliphatic hydroxyl groups excluding tert-OH is 1. The van der Waals surface area contributed by atoms with Gasteiger partial charge in [-0.3, -0.25) is 4.55 Å². The lowest BCUT2D eigenvalue weighted by Crippen LogP contribution is -2.39. The Morgan fingerprint density at radius 2 is 1.53 bits per heavy atom. The first kappa shape index (κ1) is 18.2. The monoisotopic (exact) mass is 304 g/mol. The maximum Gasteiger partial charge on any atom is 0.465 e. The lowest BCUT2D eigenvalue weighted by molar-refractivity contribution is -0.161. The van der Waals surface area contributed by atoms with Gasteiger partial charge in [-0.25, -0.2) is 4.79 Å². The summed E-state index contributed by atoms with van der Waals surface area (Å²) in [5.41, 5.74) is 0. The van der Waals surface area contributed by atoms with Crippen LogP contribution in [0, 0.1) is 0 Å². The number of esters is 1. The maximum absolute atomic E-state index is 12.7. The zero-order valence-electron chi connectivity index (χ0n) is 10.3. The van der Waals surface area contributed by atoms with Crippen LogP contribution in [0.5, 0.6) is 0 Å². The predicted octanol–water partition coefficient (Wildman–Crippen LogP) is 1.34. The molecule has 0 aliphatic rings. The summed E-state index contributed by atoms with van der Waals surface area (Å²) in [5, 5.41) is 3.59. The number of rotatable bonds is 10. The van der Waals surface area contributed by atoms with Gasteiger partial charge in [0, 0.05) is 6.61 Å². The van der Waals surface area contributed by atoms with Crippen molar-refractivity contribution < 1.29 is 36.4 Å². The summed E-state index contributed by atoms with van der Waals surface area (Å²) in [4.78, 5) is 10.7.